The Morgan fingerprint density at radius 3 is 2.25 bits per heavy atom. The Balaban J connectivity index is 0.998. The molecule has 4 saturated heterocycles. The molecule has 5 amide bonds. The van der Waals surface area contributed by atoms with E-state index in [0.29, 0.717) is 17.2 Å². The molecule has 0 saturated carbocycles. The lowest BCUT2D eigenvalue weighted by Crippen LogP contribution is -2.55. The number of halogens is 1. The summed E-state index contributed by atoms with van der Waals surface area (Å²) in [5.41, 5.74) is 6.10. The fourth-order valence-electron chi connectivity index (χ4n) is 7.64. The summed E-state index contributed by atoms with van der Waals surface area (Å²) in [4.78, 5) is 73.9. The lowest BCUT2D eigenvalue weighted by molar-refractivity contribution is -0.136. The number of rotatable bonds is 6. The van der Waals surface area contributed by atoms with E-state index in [0.717, 1.165) is 75.2 Å². The van der Waals surface area contributed by atoms with Crippen LogP contribution in [0.2, 0.25) is 0 Å². The molecule has 44 heavy (non-hydrogen) atoms. The first kappa shape index (κ1) is 28.4. The molecule has 0 spiro atoms. The van der Waals surface area contributed by atoms with Crippen LogP contribution in [0, 0.1) is 11.7 Å². The van der Waals surface area contributed by atoms with Crippen molar-refractivity contribution in [3.63, 3.8) is 0 Å². The number of pyridine rings is 1. The average Bonchev–Trinajstić information content (AvgIpc) is 3.40. The Morgan fingerprint density at radius 1 is 0.955 bits per heavy atom. The first-order chi connectivity index (χ1) is 21.2. The van der Waals surface area contributed by atoms with E-state index in [1.807, 2.05) is 6.07 Å². The number of fused-ring (bicyclic) bond motifs is 3. The second kappa shape index (κ2) is 11.0. The van der Waals surface area contributed by atoms with E-state index >= 15 is 4.39 Å². The summed E-state index contributed by atoms with van der Waals surface area (Å²) in [6, 6.07) is 5.26. The predicted molar refractivity (Wildman–Crippen MR) is 156 cm³/mol. The van der Waals surface area contributed by atoms with Crippen LogP contribution in [0.5, 0.6) is 0 Å². The smallest absolute Gasteiger partial charge is 0.262 e. The fourth-order valence-corrected chi connectivity index (χ4v) is 7.64. The number of nitrogens with two attached hydrogens (primary N) is 1. The highest BCUT2D eigenvalue weighted by atomic mass is 19.1. The van der Waals surface area contributed by atoms with Crippen molar-refractivity contribution in [3.05, 3.63) is 53.0 Å². The average molecular weight is 604 g/mol. The van der Waals surface area contributed by atoms with Crippen molar-refractivity contribution >= 4 is 41.0 Å². The number of hydrogen-bond acceptors (Lipinski definition) is 9. The van der Waals surface area contributed by atoms with Gasteiger partial charge in [-0.3, -0.25) is 39.1 Å². The van der Waals surface area contributed by atoms with Crippen LogP contribution in [-0.4, -0.2) is 95.2 Å². The highest BCUT2D eigenvalue weighted by molar-refractivity contribution is 6.23. The molecule has 6 heterocycles. The summed E-state index contributed by atoms with van der Waals surface area (Å²) >= 11 is 0. The van der Waals surface area contributed by atoms with Crippen molar-refractivity contribution in [3.8, 4) is 0 Å². The van der Waals surface area contributed by atoms with Crippen LogP contribution in [0.15, 0.2) is 30.5 Å². The predicted octanol–water partition coefficient (Wildman–Crippen LogP) is 1.29. The first-order valence-electron chi connectivity index (χ1n) is 15.2. The van der Waals surface area contributed by atoms with Gasteiger partial charge in [0.1, 0.15) is 17.7 Å². The van der Waals surface area contributed by atoms with Gasteiger partial charge in [0.25, 0.3) is 11.8 Å². The summed E-state index contributed by atoms with van der Waals surface area (Å²) in [7, 11) is 0. The van der Waals surface area contributed by atoms with Crippen molar-refractivity contribution < 1.29 is 28.4 Å². The molecule has 230 valence electrons. The molecule has 0 aliphatic carbocycles. The number of imide groups is 2. The van der Waals surface area contributed by atoms with Gasteiger partial charge in [0, 0.05) is 57.4 Å². The van der Waals surface area contributed by atoms with Gasteiger partial charge >= 0.3 is 0 Å². The molecular formula is C31H34FN7O5. The maximum absolute atomic E-state index is 15.6. The Labute approximate surface area is 253 Å². The number of anilines is 2. The minimum Gasteiger partial charge on any atom is -0.366 e. The summed E-state index contributed by atoms with van der Waals surface area (Å²) in [5.74, 6) is -2.13. The van der Waals surface area contributed by atoms with Crippen molar-refractivity contribution in [1.29, 1.82) is 0 Å². The van der Waals surface area contributed by atoms with Crippen molar-refractivity contribution in [2.24, 2.45) is 11.7 Å². The van der Waals surface area contributed by atoms with E-state index in [2.05, 4.69) is 25.0 Å². The summed E-state index contributed by atoms with van der Waals surface area (Å²) in [6.07, 6.45) is 5.47. The molecule has 13 heteroatoms. The third-order valence-corrected chi connectivity index (χ3v) is 9.83. The van der Waals surface area contributed by atoms with Gasteiger partial charge in [-0.25, -0.2) is 9.37 Å². The number of amides is 5. The zero-order chi connectivity index (χ0) is 30.7. The van der Waals surface area contributed by atoms with E-state index in [1.54, 1.807) is 6.07 Å². The number of hydrogen-bond donors (Lipinski definition) is 2. The minimum absolute atomic E-state index is 0.0274. The monoisotopic (exact) mass is 603 g/mol. The second-order valence-corrected chi connectivity index (χ2v) is 12.5. The zero-order valence-electron chi connectivity index (χ0n) is 24.2. The number of primary amides is 1. The lowest BCUT2D eigenvalue weighted by Gasteiger charge is -2.44. The minimum atomic E-state index is -1.09. The van der Waals surface area contributed by atoms with Crippen molar-refractivity contribution in [2.75, 3.05) is 42.5 Å². The molecule has 5 aliphatic heterocycles. The summed E-state index contributed by atoms with van der Waals surface area (Å²) in [5, 5.41) is 2.19. The van der Waals surface area contributed by atoms with Crippen LogP contribution >= 0.6 is 0 Å². The SMILES string of the molecule is NC(=O)c1ccc(N2CCC(CN3CC4CCC(C3)N4c3cc4c(cc3F)C(=O)N(C3CCC(=O)NC3=O)C4=O)CC2)nc1. The van der Waals surface area contributed by atoms with E-state index in [-0.39, 0.29) is 36.1 Å². The molecule has 4 fully saturated rings. The van der Waals surface area contributed by atoms with Gasteiger partial charge < -0.3 is 15.5 Å². The molecule has 12 nitrogen and oxygen atoms in total. The molecule has 1 aromatic heterocycles. The molecule has 5 aliphatic rings. The van der Waals surface area contributed by atoms with Crippen LogP contribution in [0.4, 0.5) is 15.9 Å². The number of carbonyl (C=O) groups is 5. The van der Waals surface area contributed by atoms with Crippen LogP contribution in [0.25, 0.3) is 0 Å². The van der Waals surface area contributed by atoms with E-state index in [4.69, 9.17) is 5.73 Å². The lowest BCUT2D eigenvalue weighted by atomic mass is 9.95. The Hall–Kier alpha value is -4.39. The molecule has 3 N–H and O–H groups in total. The molecule has 2 bridgehead atoms. The van der Waals surface area contributed by atoms with Crippen molar-refractivity contribution in [1.82, 2.24) is 20.1 Å². The molecular weight excluding hydrogens is 569 g/mol. The van der Waals surface area contributed by atoms with Crippen LogP contribution in [-0.2, 0) is 9.59 Å². The second-order valence-electron chi connectivity index (χ2n) is 12.5. The quantitative estimate of drug-likeness (QED) is 0.466. The fraction of sp³-hybridized carbons (Fsp3) is 0.484. The Bertz CT molecular complexity index is 1540. The maximum Gasteiger partial charge on any atom is 0.262 e. The number of carbonyl (C=O) groups excluding carboxylic acids is 5. The summed E-state index contributed by atoms with van der Waals surface area (Å²) < 4.78 is 15.6. The van der Waals surface area contributed by atoms with Gasteiger partial charge in [-0.2, -0.15) is 0 Å². The number of piperidine rings is 2. The number of nitrogens with one attached hydrogen (secondary N) is 1. The number of likely N-dealkylation sites (tertiary alicyclic amines) is 1. The molecule has 3 unspecified atom stereocenters. The molecule has 3 atom stereocenters. The van der Waals surface area contributed by atoms with Crippen molar-refractivity contribution in [2.45, 2.75) is 56.7 Å². The normalized spacial score (nSPS) is 25.9. The third kappa shape index (κ3) is 4.88. The first-order valence-corrected chi connectivity index (χ1v) is 15.2. The van der Waals surface area contributed by atoms with Crippen LogP contribution in [0.3, 0.4) is 0 Å². The molecule has 1 aromatic carbocycles. The van der Waals surface area contributed by atoms with Gasteiger partial charge in [0.2, 0.25) is 17.7 Å². The van der Waals surface area contributed by atoms with Crippen LogP contribution < -0.4 is 20.9 Å². The Kier molecular flexibility index (Phi) is 7.07. The number of nitrogens with zero attached hydrogens (tertiary/aromatic N) is 5. The Morgan fingerprint density at radius 2 is 1.64 bits per heavy atom. The van der Waals surface area contributed by atoms with E-state index in [1.165, 1.54) is 12.3 Å². The maximum atomic E-state index is 15.6. The summed E-state index contributed by atoms with van der Waals surface area (Å²) in [6.45, 7) is 4.30. The van der Waals surface area contributed by atoms with Crippen LogP contribution in [0.1, 0.15) is 69.6 Å². The zero-order valence-corrected chi connectivity index (χ0v) is 24.2. The van der Waals surface area contributed by atoms with Gasteiger partial charge in [-0.1, -0.05) is 0 Å². The highest BCUT2D eigenvalue weighted by Crippen LogP contribution is 2.40. The number of piperazine rings is 1. The van der Waals surface area contributed by atoms with E-state index < -0.39 is 41.4 Å². The standard InChI is InChI=1S/C31H34FN7O5/c32-23-11-21-22(31(44)39(30(21)43)24-4-6-27(40)35-29(24)42)12-25(23)38-19-2-3-20(38)16-36(15-19)14-17-7-9-37(10-8-17)26-5-1-18(13-34-26)28(33)41/h1,5,11-13,17,19-20,24H,2-4,6-10,14-16H2,(H2,33,41)(H,35,40,42). The molecule has 0 radical (unpaired) electrons. The third-order valence-electron chi connectivity index (χ3n) is 9.83. The number of benzene rings is 1. The topological polar surface area (TPSA) is 149 Å². The molecule has 2 aromatic rings. The van der Waals surface area contributed by atoms with E-state index in [9.17, 15) is 24.0 Å². The van der Waals surface area contributed by atoms with Gasteiger partial charge in [0.05, 0.1) is 22.4 Å². The molecule has 7 rings (SSSR count). The largest absolute Gasteiger partial charge is 0.366 e. The van der Waals surface area contributed by atoms with Gasteiger partial charge in [-0.05, 0) is 62.3 Å². The number of aromatic nitrogens is 1. The highest BCUT2D eigenvalue weighted by Gasteiger charge is 2.47. The van der Waals surface area contributed by atoms with Gasteiger partial charge in [0.15, 0.2) is 0 Å². The van der Waals surface area contributed by atoms with Gasteiger partial charge in [-0.15, -0.1) is 0 Å².